The molecule has 2 N–H and O–H groups in total. The van der Waals surface area contributed by atoms with Crippen molar-refractivity contribution in [1.82, 2.24) is 15.0 Å². The summed E-state index contributed by atoms with van der Waals surface area (Å²) in [5, 5.41) is 10.3. The molecule has 1 aromatic carbocycles. The van der Waals surface area contributed by atoms with Crippen molar-refractivity contribution in [3.8, 4) is 16.9 Å². The molecule has 1 aliphatic carbocycles. The molecule has 3 heterocycles. The summed E-state index contributed by atoms with van der Waals surface area (Å²) in [6.45, 7) is 2.42. The molecule has 1 saturated heterocycles. The molecule has 29 heavy (non-hydrogen) atoms. The summed E-state index contributed by atoms with van der Waals surface area (Å²) in [6, 6.07) is 6.60. The van der Waals surface area contributed by atoms with Crippen LogP contribution in [0.25, 0.3) is 22.2 Å². The van der Waals surface area contributed by atoms with Crippen molar-refractivity contribution in [3.63, 3.8) is 0 Å². The Morgan fingerprint density at radius 1 is 1.07 bits per heavy atom. The van der Waals surface area contributed by atoms with Crippen LogP contribution in [0.4, 0.5) is 5.95 Å². The number of morpholine rings is 1. The zero-order valence-electron chi connectivity index (χ0n) is 15.8. The lowest BCUT2D eigenvalue weighted by Crippen LogP contribution is -2.38. The molecule has 148 valence electrons. The van der Waals surface area contributed by atoms with E-state index in [9.17, 15) is 14.7 Å². The van der Waals surface area contributed by atoms with Gasteiger partial charge in [0, 0.05) is 30.6 Å². The first-order valence-corrected chi connectivity index (χ1v) is 9.74. The van der Waals surface area contributed by atoms with Crippen molar-refractivity contribution in [3.05, 3.63) is 45.9 Å². The summed E-state index contributed by atoms with van der Waals surface area (Å²) >= 11 is 0. The molecular formula is C21H20N4O4. The van der Waals surface area contributed by atoms with Gasteiger partial charge in [-0.1, -0.05) is 12.1 Å². The Morgan fingerprint density at radius 2 is 1.90 bits per heavy atom. The minimum atomic E-state index is -0.344. The first-order chi connectivity index (χ1) is 14.1. The summed E-state index contributed by atoms with van der Waals surface area (Å²) in [5.41, 5.74) is 2.23. The second kappa shape index (κ2) is 6.97. The SMILES string of the molecule is O=C1CCCc2nc3nc(N4CCOCC4)[nH]c(=O)c3c(-c3cccc(O)c3)c21. The molecular weight excluding hydrogens is 372 g/mol. The number of ether oxygens (including phenoxy) is 1. The molecule has 2 aromatic heterocycles. The minimum Gasteiger partial charge on any atom is -0.508 e. The van der Waals surface area contributed by atoms with Crippen LogP contribution in [0.3, 0.4) is 0 Å². The van der Waals surface area contributed by atoms with Gasteiger partial charge >= 0.3 is 0 Å². The van der Waals surface area contributed by atoms with Crippen LogP contribution >= 0.6 is 0 Å². The third-order valence-corrected chi connectivity index (χ3v) is 5.46. The summed E-state index contributed by atoms with van der Waals surface area (Å²) < 4.78 is 5.38. The number of nitrogens with zero attached hydrogens (tertiary/aromatic N) is 3. The number of aryl methyl sites for hydroxylation is 1. The molecule has 0 bridgehead atoms. The van der Waals surface area contributed by atoms with Gasteiger partial charge in [-0.2, -0.15) is 4.98 Å². The molecule has 1 aliphatic heterocycles. The lowest BCUT2D eigenvalue weighted by Gasteiger charge is -2.27. The summed E-state index contributed by atoms with van der Waals surface area (Å²) in [4.78, 5) is 40.0. The third-order valence-electron chi connectivity index (χ3n) is 5.46. The average molecular weight is 392 g/mol. The number of pyridine rings is 1. The van der Waals surface area contributed by atoms with Gasteiger partial charge in [-0.25, -0.2) is 4.98 Å². The number of fused-ring (bicyclic) bond motifs is 2. The van der Waals surface area contributed by atoms with E-state index in [0.717, 1.165) is 6.42 Å². The Kier molecular flexibility index (Phi) is 4.28. The second-order valence-electron chi connectivity index (χ2n) is 7.32. The number of hydrogen-bond donors (Lipinski definition) is 2. The first kappa shape index (κ1) is 17.8. The number of aromatic nitrogens is 3. The van der Waals surface area contributed by atoms with E-state index >= 15 is 0 Å². The van der Waals surface area contributed by atoms with E-state index in [1.54, 1.807) is 24.3 Å². The number of hydrogen-bond acceptors (Lipinski definition) is 7. The fraction of sp³-hybridized carbons (Fsp3) is 0.333. The van der Waals surface area contributed by atoms with Gasteiger partial charge in [-0.3, -0.25) is 14.6 Å². The number of phenols is 1. The highest BCUT2D eigenvalue weighted by molar-refractivity contribution is 6.10. The zero-order valence-corrected chi connectivity index (χ0v) is 15.8. The molecule has 8 heteroatoms. The van der Waals surface area contributed by atoms with Crippen LogP contribution in [0.1, 0.15) is 28.9 Å². The third kappa shape index (κ3) is 3.05. The number of aromatic hydroxyl groups is 1. The van der Waals surface area contributed by atoms with Crippen LogP contribution in [0.5, 0.6) is 5.75 Å². The van der Waals surface area contributed by atoms with Gasteiger partial charge in [0.1, 0.15) is 5.75 Å². The Hall–Kier alpha value is -3.26. The quantitative estimate of drug-likeness (QED) is 0.687. The number of H-pyrrole nitrogens is 1. The van der Waals surface area contributed by atoms with Crippen LogP contribution in [0.2, 0.25) is 0 Å². The van der Waals surface area contributed by atoms with Crippen LogP contribution in [0.15, 0.2) is 29.1 Å². The summed E-state index contributed by atoms with van der Waals surface area (Å²) in [7, 11) is 0. The monoisotopic (exact) mass is 392 g/mol. The zero-order chi connectivity index (χ0) is 20.0. The molecule has 0 saturated carbocycles. The molecule has 3 aromatic rings. The van der Waals surface area contributed by atoms with Gasteiger partial charge in [-0.15, -0.1) is 0 Å². The van der Waals surface area contributed by atoms with Gasteiger partial charge in [0.25, 0.3) is 5.56 Å². The van der Waals surface area contributed by atoms with Crippen molar-refractivity contribution in [2.45, 2.75) is 19.3 Å². The van der Waals surface area contributed by atoms with E-state index in [1.165, 1.54) is 0 Å². The molecule has 0 amide bonds. The van der Waals surface area contributed by atoms with Gasteiger partial charge < -0.3 is 14.7 Å². The van der Waals surface area contributed by atoms with Crippen molar-refractivity contribution < 1.29 is 14.6 Å². The number of carbonyl (C=O) groups is 1. The van der Waals surface area contributed by atoms with Gasteiger partial charge in [0.05, 0.1) is 24.3 Å². The summed E-state index contributed by atoms with van der Waals surface area (Å²) in [5.74, 6) is 0.497. The lowest BCUT2D eigenvalue weighted by atomic mass is 9.86. The predicted molar refractivity (Wildman–Crippen MR) is 108 cm³/mol. The average Bonchev–Trinajstić information content (AvgIpc) is 2.73. The molecule has 1 fully saturated rings. The number of rotatable bonds is 2. The number of benzene rings is 1. The van der Waals surface area contributed by atoms with Crippen LogP contribution < -0.4 is 10.5 Å². The van der Waals surface area contributed by atoms with E-state index in [0.29, 0.717) is 73.1 Å². The number of carbonyl (C=O) groups excluding carboxylic acids is 1. The van der Waals surface area contributed by atoms with Crippen LogP contribution in [-0.4, -0.2) is 52.1 Å². The minimum absolute atomic E-state index is 0.0318. The highest BCUT2D eigenvalue weighted by atomic mass is 16.5. The van der Waals surface area contributed by atoms with E-state index in [4.69, 9.17) is 4.74 Å². The molecule has 0 atom stereocenters. The van der Waals surface area contributed by atoms with Crippen molar-refractivity contribution >= 4 is 22.8 Å². The number of phenolic OH excluding ortho intramolecular Hbond substituents is 1. The van der Waals surface area contributed by atoms with Gasteiger partial charge in [0.2, 0.25) is 5.95 Å². The fourth-order valence-corrected chi connectivity index (χ4v) is 4.11. The smallest absolute Gasteiger partial charge is 0.262 e. The number of anilines is 1. The maximum Gasteiger partial charge on any atom is 0.262 e. The first-order valence-electron chi connectivity index (χ1n) is 9.74. The fourth-order valence-electron chi connectivity index (χ4n) is 4.11. The number of aromatic amines is 1. The highest BCUT2D eigenvalue weighted by Gasteiger charge is 2.28. The van der Waals surface area contributed by atoms with E-state index in [-0.39, 0.29) is 22.5 Å². The van der Waals surface area contributed by atoms with Crippen molar-refractivity contribution in [2.24, 2.45) is 0 Å². The Labute approximate surface area is 166 Å². The van der Waals surface area contributed by atoms with Gasteiger partial charge in [-0.05, 0) is 30.5 Å². The van der Waals surface area contributed by atoms with E-state index < -0.39 is 0 Å². The largest absolute Gasteiger partial charge is 0.508 e. The van der Waals surface area contributed by atoms with Crippen molar-refractivity contribution in [2.75, 3.05) is 31.2 Å². The van der Waals surface area contributed by atoms with E-state index in [1.807, 2.05) is 4.90 Å². The number of nitrogens with one attached hydrogen (secondary N) is 1. The molecule has 5 rings (SSSR count). The Balaban J connectivity index is 1.81. The molecule has 8 nitrogen and oxygen atoms in total. The predicted octanol–water partition coefficient (Wildman–Crippen LogP) is 2.05. The molecule has 2 aliphatic rings. The van der Waals surface area contributed by atoms with E-state index in [2.05, 4.69) is 15.0 Å². The topological polar surface area (TPSA) is 108 Å². The maximum absolute atomic E-state index is 13.1. The molecule has 0 radical (unpaired) electrons. The van der Waals surface area contributed by atoms with Gasteiger partial charge in [0.15, 0.2) is 11.4 Å². The Bertz CT molecular complexity index is 1180. The number of Topliss-reactive ketones (excluding diaryl/α,β-unsaturated/α-hetero) is 1. The van der Waals surface area contributed by atoms with Crippen molar-refractivity contribution in [1.29, 1.82) is 0 Å². The maximum atomic E-state index is 13.1. The standard InChI is InChI=1S/C21H20N4O4/c26-13-4-1-3-12(11-13)16-17-14(5-2-6-15(17)27)22-19-18(16)20(28)24-21(23-19)25-7-9-29-10-8-25/h1,3-4,11,26H,2,5-10H2,(H,22,23,24,28). The molecule has 0 unspecified atom stereocenters. The second-order valence-corrected chi connectivity index (χ2v) is 7.32. The molecule has 0 spiro atoms. The Morgan fingerprint density at radius 3 is 2.69 bits per heavy atom. The normalized spacial score (nSPS) is 16.8. The van der Waals surface area contributed by atoms with Crippen LogP contribution in [0, 0.1) is 0 Å². The highest BCUT2D eigenvalue weighted by Crippen LogP contribution is 2.36. The van der Waals surface area contributed by atoms with Crippen LogP contribution in [-0.2, 0) is 11.2 Å². The summed E-state index contributed by atoms with van der Waals surface area (Å²) in [6.07, 6.45) is 1.80. The lowest BCUT2D eigenvalue weighted by molar-refractivity contribution is 0.0972. The number of ketones is 1.